The lowest BCUT2D eigenvalue weighted by Gasteiger charge is -2.44. The summed E-state index contributed by atoms with van der Waals surface area (Å²) in [6, 6.07) is 6.90. The first-order chi connectivity index (χ1) is 16.8. The van der Waals surface area contributed by atoms with Crippen molar-refractivity contribution in [3.8, 4) is 5.75 Å². The predicted molar refractivity (Wildman–Crippen MR) is 144 cm³/mol. The third kappa shape index (κ3) is 7.54. The monoisotopic (exact) mass is 596 g/mol. The minimum absolute atomic E-state index is 0.00221. The number of rotatable bonds is 8. The van der Waals surface area contributed by atoms with E-state index in [-0.39, 0.29) is 37.4 Å². The number of benzene rings is 1. The van der Waals surface area contributed by atoms with Crippen molar-refractivity contribution in [1.82, 2.24) is 10.2 Å². The average Bonchev–Trinajstić information content (AvgIpc) is 3.10. The molecule has 3 atom stereocenters. The molecule has 2 aliphatic carbocycles. The van der Waals surface area contributed by atoms with Crippen LogP contribution in [0.2, 0.25) is 0 Å². The Morgan fingerprint density at radius 3 is 2.49 bits per heavy atom. The van der Waals surface area contributed by atoms with Gasteiger partial charge in [-0.3, -0.25) is 9.59 Å². The number of allylic oxidation sites excluding steroid dienone is 1. The van der Waals surface area contributed by atoms with Crippen molar-refractivity contribution in [1.29, 1.82) is 0 Å². The van der Waals surface area contributed by atoms with Gasteiger partial charge in [-0.2, -0.15) is 0 Å². The van der Waals surface area contributed by atoms with Gasteiger partial charge in [-0.25, -0.2) is 0 Å². The molecule has 1 aromatic rings. The van der Waals surface area contributed by atoms with E-state index in [1.165, 1.54) is 0 Å². The maximum absolute atomic E-state index is 13.5. The van der Waals surface area contributed by atoms with E-state index in [1.807, 2.05) is 43.0 Å². The number of aliphatic hydroxyl groups excluding tert-OH is 2. The molecule has 3 rings (SSSR count). The van der Waals surface area contributed by atoms with Crippen LogP contribution in [0.15, 0.2) is 47.6 Å². The number of carbonyl (C=O) groups is 2. The molecule has 0 aromatic heterocycles. The molecular weight excluding hydrogens is 559 g/mol. The Hall–Kier alpha value is -1.91. The molecule has 1 fully saturated rings. The lowest BCUT2D eigenvalue weighted by molar-refractivity contribution is -0.137. The average molecular weight is 597 g/mol. The molecule has 35 heavy (non-hydrogen) atoms. The smallest absolute Gasteiger partial charge is 0.247 e. The molecule has 0 bridgehead atoms. The van der Waals surface area contributed by atoms with Gasteiger partial charge in [0.2, 0.25) is 11.8 Å². The van der Waals surface area contributed by atoms with Crippen molar-refractivity contribution in [3.63, 3.8) is 0 Å². The van der Waals surface area contributed by atoms with Gasteiger partial charge in [-0.05, 0) is 67.5 Å². The normalized spacial score (nSPS) is 23.0. The molecule has 3 N–H and O–H groups in total. The Morgan fingerprint density at radius 1 is 1.17 bits per heavy atom. The van der Waals surface area contributed by atoms with Gasteiger partial charge in [0.25, 0.3) is 0 Å². The largest absolute Gasteiger partial charge is 0.482 e. The number of nitrogens with one attached hydrogen (secondary N) is 1. The summed E-state index contributed by atoms with van der Waals surface area (Å²) in [5, 5.41) is 23.4. The van der Waals surface area contributed by atoms with E-state index in [4.69, 9.17) is 9.84 Å². The van der Waals surface area contributed by atoms with Crippen molar-refractivity contribution >= 4 is 34.4 Å². The molecule has 7 nitrogen and oxygen atoms in total. The maximum Gasteiger partial charge on any atom is 0.247 e. The summed E-state index contributed by atoms with van der Waals surface area (Å²) < 4.78 is 7.11. The van der Waals surface area contributed by atoms with Crippen LogP contribution in [0, 0.1) is 3.57 Å². The van der Waals surface area contributed by atoms with Crippen molar-refractivity contribution in [2.24, 2.45) is 0 Å². The Labute approximate surface area is 221 Å². The highest BCUT2D eigenvalue weighted by Gasteiger charge is 2.42. The number of carbonyl (C=O) groups excluding carboxylic acids is 2. The van der Waals surface area contributed by atoms with E-state index in [0.717, 1.165) is 47.7 Å². The van der Waals surface area contributed by atoms with Crippen molar-refractivity contribution in [2.75, 3.05) is 13.2 Å². The van der Waals surface area contributed by atoms with E-state index in [9.17, 15) is 14.7 Å². The molecule has 1 aromatic carbocycles. The molecule has 0 spiro atoms. The molecule has 0 aliphatic heterocycles. The highest BCUT2D eigenvalue weighted by atomic mass is 127. The number of nitrogens with zero attached hydrogens (tertiary/aromatic N) is 1. The van der Waals surface area contributed by atoms with E-state index in [1.54, 1.807) is 12.2 Å². The Kier molecular flexibility index (Phi) is 10.6. The molecule has 1 saturated carbocycles. The fraction of sp³-hybridized carbons (Fsp3) is 0.556. The quantitative estimate of drug-likeness (QED) is 0.242. The zero-order valence-electron chi connectivity index (χ0n) is 20.6. The molecule has 8 heteroatoms. The predicted octanol–water partition coefficient (Wildman–Crippen LogP) is 3.72. The topological polar surface area (TPSA) is 99.1 Å². The first-order valence-electron chi connectivity index (χ1n) is 12.5. The van der Waals surface area contributed by atoms with Crippen molar-refractivity contribution < 1.29 is 24.5 Å². The van der Waals surface area contributed by atoms with Gasteiger partial charge in [0.05, 0.1) is 16.2 Å². The van der Waals surface area contributed by atoms with E-state index in [2.05, 4.69) is 27.9 Å². The highest BCUT2D eigenvalue weighted by Crippen LogP contribution is 2.33. The number of amides is 2. The van der Waals surface area contributed by atoms with Crippen LogP contribution in [0.4, 0.5) is 0 Å². The molecule has 2 amide bonds. The summed E-state index contributed by atoms with van der Waals surface area (Å²) in [7, 11) is 0. The van der Waals surface area contributed by atoms with Crippen molar-refractivity contribution in [2.45, 2.75) is 83.1 Å². The van der Waals surface area contributed by atoms with Crippen LogP contribution in [-0.4, -0.2) is 64.4 Å². The summed E-state index contributed by atoms with van der Waals surface area (Å²) in [5.74, 6) is 0.162. The zero-order valence-corrected chi connectivity index (χ0v) is 22.7. The molecule has 3 unspecified atom stereocenters. The van der Waals surface area contributed by atoms with Gasteiger partial charge in [0, 0.05) is 30.7 Å². The van der Waals surface area contributed by atoms with Gasteiger partial charge in [-0.15, -0.1) is 0 Å². The second-order valence-electron chi connectivity index (χ2n) is 9.56. The lowest BCUT2D eigenvalue weighted by atomic mass is 9.86. The van der Waals surface area contributed by atoms with Crippen LogP contribution in [0.3, 0.4) is 0 Å². The van der Waals surface area contributed by atoms with Crippen LogP contribution in [0.1, 0.15) is 58.8 Å². The maximum atomic E-state index is 13.5. The second-order valence-corrected chi connectivity index (χ2v) is 10.7. The minimum Gasteiger partial charge on any atom is -0.482 e. The Bertz CT molecular complexity index is 935. The lowest BCUT2D eigenvalue weighted by Crippen LogP contribution is -2.57. The van der Waals surface area contributed by atoms with Crippen LogP contribution in [0.5, 0.6) is 5.75 Å². The molecule has 0 heterocycles. The summed E-state index contributed by atoms with van der Waals surface area (Å²) in [4.78, 5) is 28.3. The zero-order chi connectivity index (χ0) is 25.4. The summed E-state index contributed by atoms with van der Waals surface area (Å²) >= 11 is 2.18. The number of hydrogen-bond donors (Lipinski definition) is 3. The first kappa shape index (κ1) is 27.7. The second kappa shape index (κ2) is 13.4. The number of aliphatic hydroxyl groups is 2. The Balaban J connectivity index is 1.99. The van der Waals surface area contributed by atoms with E-state index >= 15 is 0 Å². The summed E-state index contributed by atoms with van der Waals surface area (Å²) in [5.41, 5.74) is 1.34. The molecular formula is C27H37IN2O5. The molecule has 192 valence electrons. The summed E-state index contributed by atoms with van der Waals surface area (Å²) in [6.45, 7) is 3.74. The number of para-hydroxylation sites is 1. The van der Waals surface area contributed by atoms with Crippen LogP contribution in [0.25, 0.3) is 0 Å². The van der Waals surface area contributed by atoms with Gasteiger partial charge in [-0.1, -0.05) is 43.4 Å². The minimum atomic E-state index is -1.00. The molecule has 0 saturated heterocycles. The van der Waals surface area contributed by atoms with Crippen molar-refractivity contribution in [3.05, 3.63) is 51.1 Å². The van der Waals surface area contributed by atoms with Crippen LogP contribution in [-0.2, 0) is 9.59 Å². The third-order valence-electron chi connectivity index (χ3n) is 6.56. The van der Waals surface area contributed by atoms with E-state index < -0.39 is 18.2 Å². The fourth-order valence-corrected chi connectivity index (χ4v) is 5.42. The van der Waals surface area contributed by atoms with Gasteiger partial charge in [0.1, 0.15) is 18.0 Å². The van der Waals surface area contributed by atoms with Gasteiger partial charge in [0.15, 0.2) is 0 Å². The standard InChI is InChI=1S/C27H37IN2O5/c1-18(2)15-25(32)30(20-9-5-3-4-6-10-20)22-16-19(27(34)29-13-14-31)17-24(26(22)33)35-23-12-8-7-11-21(23)28/h7-8,11-12,15,17,20,22,24,26,31,33H,3-6,9-10,13-14,16H2,1-2H3,(H,29,34). The number of hydrogen-bond acceptors (Lipinski definition) is 5. The highest BCUT2D eigenvalue weighted by molar-refractivity contribution is 14.1. The number of ether oxygens (including phenoxy) is 1. The third-order valence-corrected chi connectivity index (χ3v) is 7.45. The SMILES string of the molecule is CC(C)=CC(=O)N(C1CCCCCC1)C1CC(C(=O)NCCO)=CC(Oc2ccccc2I)C1O. The van der Waals surface area contributed by atoms with Gasteiger partial charge < -0.3 is 25.2 Å². The molecule has 2 aliphatic rings. The summed E-state index contributed by atoms with van der Waals surface area (Å²) in [6.07, 6.45) is 7.82. The van der Waals surface area contributed by atoms with Crippen LogP contribution >= 0.6 is 22.6 Å². The first-order valence-corrected chi connectivity index (χ1v) is 13.6. The van der Waals surface area contributed by atoms with Crippen LogP contribution < -0.4 is 10.1 Å². The molecule has 0 radical (unpaired) electrons. The van der Waals surface area contributed by atoms with E-state index in [0.29, 0.717) is 11.3 Å². The fourth-order valence-electron chi connectivity index (χ4n) is 4.91. The number of halogens is 1. The Morgan fingerprint density at radius 2 is 1.86 bits per heavy atom. The van der Waals surface area contributed by atoms with Gasteiger partial charge >= 0.3 is 0 Å².